The Morgan fingerprint density at radius 1 is 1.12 bits per heavy atom. The molecule has 170 valence electrons. The van der Waals surface area contributed by atoms with Crippen LogP contribution < -0.4 is 4.90 Å². The van der Waals surface area contributed by atoms with Gasteiger partial charge < -0.3 is 9.64 Å². The molecule has 3 aliphatic rings. The zero-order valence-corrected chi connectivity index (χ0v) is 17.9. The van der Waals surface area contributed by atoms with Crippen LogP contribution in [0, 0.1) is 5.82 Å². The van der Waals surface area contributed by atoms with Crippen molar-refractivity contribution in [2.24, 2.45) is 0 Å². The van der Waals surface area contributed by atoms with E-state index in [9.17, 15) is 13.2 Å². The Bertz CT molecular complexity index is 1050. The number of piperazine rings is 1. The van der Waals surface area contributed by atoms with Gasteiger partial charge in [0.1, 0.15) is 18.0 Å². The highest BCUT2D eigenvalue weighted by molar-refractivity contribution is 6.30. The van der Waals surface area contributed by atoms with E-state index < -0.39 is 12.2 Å². The predicted octanol–water partition coefficient (Wildman–Crippen LogP) is 2.93. The fourth-order valence-electron chi connectivity index (χ4n) is 4.05. The molecule has 2 fully saturated rings. The normalized spacial score (nSPS) is 20.4. The smallest absolute Gasteiger partial charge is 0.263 e. The third-order valence-corrected chi connectivity index (χ3v) is 6.30. The molecule has 1 aromatic heterocycles. The van der Waals surface area contributed by atoms with Crippen molar-refractivity contribution in [1.82, 2.24) is 24.6 Å². The summed E-state index contributed by atoms with van der Waals surface area (Å²) in [5, 5.41) is 4.49. The molecule has 0 aliphatic carbocycles. The SMILES string of the molecule is Fc1cc(-n2cnc(N3CC=C(C(F)F)C=C3N3CCN(C4COC4)CC3)n2)ccc1Cl. The molecule has 1 aromatic carbocycles. The van der Waals surface area contributed by atoms with Crippen LogP contribution in [0.15, 0.2) is 48.1 Å². The number of aromatic nitrogens is 3. The summed E-state index contributed by atoms with van der Waals surface area (Å²) >= 11 is 5.76. The second kappa shape index (κ2) is 8.76. The van der Waals surface area contributed by atoms with E-state index in [-0.39, 0.29) is 17.1 Å². The molecule has 4 heterocycles. The molecule has 2 aromatic rings. The molecule has 0 unspecified atom stereocenters. The van der Waals surface area contributed by atoms with Gasteiger partial charge in [0, 0.05) is 44.4 Å². The fourth-order valence-corrected chi connectivity index (χ4v) is 4.17. The first-order valence-corrected chi connectivity index (χ1v) is 10.8. The molecule has 3 aliphatic heterocycles. The minimum Gasteiger partial charge on any atom is -0.378 e. The predicted molar refractivity (Wildman–Crippen MR) is 114 cm³/mol. The maximum absolute atomic E-state index is 13.9. The lowest BCUT2D eigenvalue weighted by Crippen LogP contribution is -2.57. The van der Waals surface area contributed by atoms with E-state index in [0.717, 1.165) is 26.3 Å². The summed E-state index contributed by atoms with van der Waals surface area (Å²) in [4.78, 5) is 10.6. The van der Waals surface area contributed by atoms with Crippen LogP contribution in [0.25, 0.3) is 5.69 Å². The molecule has 0 radical (unpaired) electrons. The summed E-state index contributed by atoms with van der Waals surface area (Å²) in [5.74, 6) is 0.442. The highest BCUT2D eigenvalue weighted by atomic mass is 35.5. The van der Waals surface area contributed by atoms with Gasteiger partial charge in [-0.3, -0.25) is 9.80 Å². The van der Waals surface area contributed by atoms with Gasteiger partial charge >= 0.3 is 0 Å². The summed E-state index contributed by atoms with van der Waals surface area (Å²) in [7, 11) is 0. The lowest BCUT2D eigenvalue weighted by molar-refractivity contribution is -0.0748. The molecular weight excluding hydrogens is 445 g/mol. The van der Waals surface area contributed by atoms with Crippen molar-refractivity contribution in [2.75, 3.05) is 50.8 Å². The molecule has 2 saturated heterocycles. The standard InChI is InChI=1S/C21H22ClF3N6O/c22-17-2-1-15(10-18(17)23)31-13-26-21(27-31)30-4-3-14(20(24)25)9-19(30)29-7-5-28(6-8-29)16-11-32-12-16/h1-3,9-10,13,16,20H,4-8,11-12H2. The van der Waals surface area contributed by atoms with Crippen molar-refractivity contribution < 1.29 is 17.9 Å². The van der Waals surface area contributed by atoms with Crippen LogP contribution in [0.1, 0.15) is 0 Å². The molecular formula is C21H22ClF3N6O. The molecule has 11 heteroatoms. The number of rotatable bonds is 5. The number of ether oxygens (including phenoxy) is 1. The van der Waals surface area contributed by atoms with Crippen molar-refractivity contribution in [2.45, 2.75) is 12.5 Å². The Morgan fingerprint density at radius 3 is 2.56 bits per heavy atom. The lowest BCUT2D eigenvalue weighted by atomic mass is 10.1. The van der Waals surface area contributed by atoms with Gasteiger partial charge in [-0.1, -0.05) is 17.7 Å². The second-order valence-corrected chi connectivity index (χ2v) is 8.33. The Kier molecular flexibility index (Phi) is 5.83. The Balaban J connectivity index is 1.38. The van der Waals surface area contributed by atoms with Gasteiger partial charge in [0.25, 0.3) is 12.4 Å². The van der Waals surface area contributed by atoms with Crippen molar-refractivity contribution >= 4 is 17.5 Å². The average molecular weight is 467 g/mol. The lowest BCUT2D eigenvalue weighted by Gasteiger charge is -2.45. The van der Waals surface area contributed by atoms with Crippen LogP contribution in [0.3, 0.4) is 0 Å². The quantitative estimate of drug-likeness (QED) is 0.675. The second-order valence-electron chi connectivity index (χ2n) is 7.92. The highest BCUT2D eigenvalue weighted by Crippen LogP contribution is 2.28. The number of alkyl halides is 2. The number of benzene rings is 1. The monoisotopic (exact) mass is 466 g/mol. The maximum Gasteiger partial charge on any atom is 0.263 e. The van der Waals surface area contributed by atoms with Crippen molar-refractivity contribution in [1.29, 1.82) is 0 Å². The third kappa shape index (κ3) is 4.10. The van der Waals surface area contributed by atoms with E-state index in [0.29, 0.717) is 36.6 Å². The minimum absolute atomic E-state index is 0.00900. The Morgan fingerprint density at radius 2 is 1.91 bits per heavy atom. The molecule has 0 amide bonds. The summed E-state index contributed by atoms with van der Waals surface area (Å²) in [6.45, 7) is 4.80. The molecule has 32 heavy (non-hydrogen) atoms. The first kappa shape index (κ1) is 21.3. The first-order valence-electron chi connectivity index (χ1n) is 10.4. The summed E-state index contributed by atoms with van der Waals surface area (Å²) in [6, 6.07) is 4.80. The number of hydrogen-bond acceptors (Lipinski definition) is 6. The minimum atomic E-state index is -2.55. The summed E-state index contributed by atoms with van der Waals surface area (Å²) < 4.78 is 47.5. The molecule has 5 rings (SSSR count). The van der Waals surface area contributed by atoms with Crippen molar-refractivity contribution in [3.8, 4) is 5.69 Å². The van der Waals surface area contributed by atoms with Crippen LogP contribution in [0.5, 0.6) is 0 Å². The van der Waals surface area contributed by atoms with Gasteiger partial charge in [-0.05, 0) is 18.2 Å². The Hall–Kier alpha value is -2.56. The zero-order chi connectivity index (χ0) is 22.2. The van der Waals surface area contributed by atoms with Crippen molar-refractivity contribution in [3.63, 3.8) is 0 Å². The molecule has 0 spiro atoms. The zero-order valence-electron chi connectivity index (χ0n) is 17.2. The number of nitrogens with zero attached hydrogens (tertiary/aromatic N) is 6. The number of hydrogen-bond donors (Lipinski definition) is 0. The van der Waals surface area contributed by atoms with E-state index in [1.807, 2.05) is 0 Å². The molecule has 0 atom stereocenters. The van der Waals surface area contributed by atoms with E-state index in [4.69, 9.17) is 16.3 Å². The topological polar surface area (TPSA) is 49.7 Å². The summed E-state index contributed by atoms with van der Waals surface area (Å²) in [6.07, 6.45) is 1.91. The van der Waals surface area contributed by atoms with E-state index in [2.05, 4.69) is 19.9 Å². The van der Waals surface area contributed by atoms with Gasteiger partial charge in [-0.15, -0.1) is 5.10 Å². The summed E-state index contributed by atoms with van der Waals surface area (Å²) in [5.41, 5.74) is 0.457. The van der Waals surface area contributed by atoms with E-state index in [1.165, 1.54) is 35.3 Å². The number of allylic oxidation sites excluding steroid dienone is 2. The van der Waals surface area contributed by atoms with Crippen LogP contribution in [0.2, 0.25) is 5.02 Å². The molecule has 0 bridgehead atoms. The van der Waals surface area contributed by atoms with Crippen LogP contribution in [-0.4, -0.2) is 83.0 Å². The van der Waals surface area contributed by atoms with E-state index in [1.54, 1.807) is 11.0 Å². The van der Waals surface area contributed by atoms with Gasteiger partial charge in [-0.2, -0.15) is 4.98 Å². The van der Waals surface area contributed by atoms with Crippen LogP contribution in [0.4, 0.5) is 19.1 Å². The molecule has 0 saturated carbocycles. The van der Waals surface area contributed by atoms with Gasteiger partial charge in [-0.25, -0.2) is 17.9 Å². The third-order valence-electron chi connectivity index (χ3n) is 6.00. The fraction of sp³-hybridized carbons (Fsp3) is 0.429. The van der Waals surface area contributed by atoms with Crippen LogP contribution >= 0.6 is 11.6 Å². The molecule has 0 N–H and O–H groups in total. The maximum atomic E-state index is 13.9. The highest BCUT2D eigenvalue weighted by Gasteiger charge is 2.32. The average Bonchev–Trinajstić information content (AvgIpc) is 3.25. The van der Waals surface area contributed by atoms with Gasteiger partial charge in [0.05, 0.1) is 30.0 Å². The number of anilines is 1. The number of halogens is 4. The van der Waals surface area contributed by atoms with Gasteiger partial charge in [0.2, 0.25) is 0 Å². The van der Waals surface area contributed by atoms with Crippen LogP contribution in [-0.2, 0) is 4.74 Å². The first-order chi connectivity index (χ1) is 15.5. The largest absolute Gasteiger partial charge is 0.378 e. The van der Waals surface area contributed by atoms with Gasteiger partial charge in [0.15, 0.2) is 0 Å². The Labute approximate surface area is 188 Å². The molecule has 7 nitrogen and oxygen atoms in total. The van der Waals surface area contributed by atoms with E-state index >= 15 is 0 Å². The van der Waals surface area contributed by atoms with Crippen molar-refractivity contribution in [3.05, 3.63) is 58.9 Å².